The summed E-state index contributed by atoms with van der Waals surface area (Å²) in [4.78, 5) is 16.4. The van der Waals surface area contributed by atoms with E-state index in [9.17, 15) is 4.79 Å². The van der Waals surface area contributed by atoms with Crippen molar-refractivity contribution in [2.24, 2.45) is 5.92 Å². The molecule has 2 fully saturated rings. The van der Waals surface area contributed by atoms with E-state index in [2.05, 4.69) is 39.6 Å². The fourth-order valence-corrected chi connectivity index (χ4v) is 4.09. The number of ether oxygens (including phenoxy) is 1. The van der Waals surface area contributed by atoms with Crippen molar-refractivity contribution in [1.29, 1.82) is 0 Å². The predicted octanol–water partition coefficient (Wildman–Crippen LogP) is 0.479. The van der Waals surface area contributed by atoms with E-state index in [0.29, 0.717) is 12.5 Å². The zero-order valence-corrected chi connectivity index (χ0v) is 17.6. The number of hydrogen-bond donors (Lipinski definition) is 1. The number of aromatic nitrogens is 4. The summed E-state index contributed by atoms with van der Waals surface area (Å²) < 4.78 is 7.38. The summed E-state index contributed by atoms with van der Waals surface area (Å²) in [5.74, 6) is 1.56. The number of likely N-dealkylation sites (tertiary alicyclic amines) is 1. The van der Waals surface area contributed by atoms with E-state index >= 15 is 0 Å². The highest BCUT2D eigenvalue weighted by Gasteiger charge is 2.42. The lowest BCUT2D eigenvalue weighted by Gasteiger charge is -2.42. The van der Waals surface area contributed by atoms with Gasteiger partial charge in [0.1, 0.15) is 0 Å². The number of tetrazole rings is 1. The van der Waals surface area contributed by atoms with Gasteiger partial charge in [0, 0.05) is 52.7 Å². The summed E-state index contributed by atoms with van der Waals surface area (Å²) in [6, 6.07) is 0. The molecule has 3 heterocycles. The Hall–Kier alpha value is -1.58. The van der Waals surface area contributed by atoms with Crippen LogP contribution in [0.2, 0.25) is 0 Å². The molecule has 0 saturated carbocycles. The average Bonchev–Trinajstić information content (AvgIpc) is 3.17. The number of nitrogens with one attached hydrogen (secondary N) is 1. The minimum absolute atomic E-state index is 0.111. The van der Waals surface area contributed by atoms with Gasteiger partial charge in [-0.3, -0.25) is 9.69 Å². The monoisotopic (exact) mass is 393 g/mol. The summed E-state index contributed by atoms with van der Waals surface area (Å²) in [5, 5.41) is 16.4. The second-order valence-electron chi connectivity index (χ2n) is 8.42. The predicted molar refractivity (Wildman–Crippen MR) is 106 cm³/mol. The second kappa shape index (κ2) is 9.76. The van der Waals surface area contributed by atoms with Gasteiger partial charge in [0.05, 0.1) is 18.8 Å². The highest BCUT2D eigenvalue weighted by atomic mass is 16.5. The zero-order valence-electron chi connectivity index (χ0n) is 17.6. The summed E-state index contributed by atoms with van der Waals surface area (Å²) in [7, 11) is 0. The molecule has 1 aromatic rings. The van der Waals surface area contributed by atoms with Gasteiger partial charge in [-0.2, -0.15) is 0 Å². The minimum Gasteiger partial charge on any atom is -0.379 e. The Morgan fingerprint density at radius 2 is 2.04 bits per heavy atom. The van der Waals surface area contributed by atoms with Gasteiger partial charge in [-0.05, 0) is 35.6 Å². The van der Waals surface area contributed by atoms with Crippen molar-refractivity contribution in [1.82, 2.24) is 35.3 Å². The molecule has 0 radical (unpaired) electrons. The van der Waals surface area contributed by atoms with Crippen LogP contribution >= 0.6 is 0 Å². The minimum atomic E-state index is -0.392. The highest BCUT2D eigenvalue weighted by Crippen LogP contribution is 2.30. The van der Waals surface area contributed by atoms with Crippen LogP contribution in [-0.2, 0) is 21.6 Å². The van der Waals surface area contributed by atoms with Crippen LogP contribution in [0.5, 0.6) is 0 Å². The maximum absolute atomic E-state index is 12.1. The molecule has 1 atom stereocenters. The Labute approximate surface area is 167 Å². The van der Waals surface area contributed by atoms with Gasteiger partial charge >= 0.3 is 0 Å². The van der Waals surface area contributed by atoms with Gasteiger partial charge < -0.3 is 15.0 Å². The quantitative estimate of drug-likeness (QED) is 0.687. The van der Waals surface area contributed by atoms with Crippen LogP contribution in [0.25, 0.3) is 0 Å². The first-order chi connectivity index (χ1) is 13.5. The first-order valence-electron chi connectivity index (χ1n) is 10.6. The molecule has 1 unspecified atom stereocenters. The van der Waals surface area contributed by atoms with Crippen molar-refractivity contribution in [3.05, 3.63) is 5.82 Å². The van der Waals surface area contributed by atoms with E-state index < -0.39 is 5.54 Å². The van der Waals surface area contributed by atoms with Crippen molar-refractivity contribution in [3.8, 4) is 0 Å². The molecule has 0 aliphatic carbocycles. The number of carbonyl (C=O) groups excluding carboxylic acids is 1. The number of amides is 1. The maximum Gasteiger partial charge on any atom is 0.219 e. The van der Waals surface area contributed by atoms with Crippen LogP contribution in [0.1, 0.15) is 45.9 Å². The maximum atomic E-state index is 12.1. The number of morpholine rings is 1. The molecule has 2 aliphatic rings. The van der Waals surface area contributed by atoms with Crippen LogP contribution in [0, 0.1) is 5.92 Å². The number of piperidine rings is 1. The van der Waals surface area contributed by atoms with E-state index in [1.807, 2.05) is 9.58 Å². The second-order valence-corrected chi connectivity index (χ2v) is 8.42. The van der Waals surface area contributed by atoms with Gasteiger partial charge in [0.25, 0.3) is 0 Å². The smallest absolute Gasteiger partial charge is 0.219 e. The Balaban J connectivity index is 1.74. The van der Waals surface area contributed by atoms with Crippen molar-refractivity contribution < 1.29 is 9.53 Å². The lowest BCUT2D eigenvalue weighted by molar-refractivity contribution is -0.131. The molecule has 1 amide bonds. The summed E-state index contributed by atoms with van der Waals surface area (Å²) in [6.07, 6.45) is 2.90. The van der Waals surface area contributed by atoms with Crippen molar-refractivity contribution in [2.75, 3.05) is 52.5 Å². The number of carbonyl (C=O) groups is 1. The fraction of sp³-hybridized carbons (Fsp3) is 0.895. The van der Waals surface area contributed by atoms with Gasteiger partial charge in [-0.15, -0.1) is 5.10 Å². The first-order valence-corrected chi connectivity index (χ1v) is 10.6. The van der Waals surface area contributed by atoms with Crippen LogP contribution in [0.3, 0.4) is 0 Å². The van der Waals surface area contributed by atoms with Crippen molar-refractivity contribution in [3.63, 3.8) is 0 Å². The Bertz CT molecular complexity index is 630. The van der Waals surface area contributed by atoms with Crippen LogP contribution in [0.15, 0.2) is 0 Å². The standard InChI is InChI=1S/C19H35N7O2/c1-16(2)5-9-26-18(21-22-23-26)19(6-4-8-25(15-19)17(3)27)20-7-10-24-11-13-28-14-12-24/h16,20H,4-15H2,1-3H3. The highest BCUT2D eigenvalue weighted by molar-refractivity contribution is 5.73. The lowest BCUT2D eigenvalue weighted by atomic mass is 9.87. The van der Waals surface area contributed by atoms with Crippen LogP contribution in [0.4, 0.5) is 0 Å². The molecule has 1 aromatic heterocycles. The molecule has 0 bridgehead atoms. The normalized spacial score (nSPS) is 24.1. The van der Waals surface area contributed by atoms with Gasteiger partial charge in [-0.25, -0.2) is 4.68 Å². The molecular weight excluding hydrogens is 358 g/mol. The van der Waals surface area contributed by atoms with Crippen LogP contribution < -0.4 is 5.32 Å². The zero-order chi connectivity index (χ0) is 20.0. The molecule has 28 heavy (non-hydrogen) atoms. The van der Waals surface area contributed by atoms with Crippen LogP contribution in [-0.4, -0.2) is 88.4 Å². The number of hydrogen-bond acceptors (Lipinski definition) is 7. The fourth-order valence-electron chi connectivity index (χ4n) is 4.09. The lowest BCUT2D eigenvalue weighted by Crippen LogP contribution is -2.58. The Morgan fingerprint density at radius 1 is 1.25 bits per heavy atom. The van der Waals surface area contributed by atoms with E-state index in [1.165, 1.54) is 0 Å². The SMILES string of the molecule is CC(=O)N1CCCC(NCCN2CCOCC2)(c2nnnn2CCC(C)C)C1. The molecular formula is C19H35N7O2. The van der Waals surface area contributed by atoms with Gasteiger partial charge in [-0.1, -0.05) is 13.8 Å². The first kappa shape index (κ1) is 21.1. The summed E-state index contributed by atoms with van der Waals surface area (Å²) in [6.45, 7) is 13.6. The van der Waals surface area contributed by atoms with Crippen molar-refractivity contribution >= 4 is 5.91 Å². The van der Waals surface area contributed by atoms with Gasteiger partial charge in [0.15, 0.2) is 5.82 Å². The average molecular weight is 394 g/mol. The topological polar surface area (TPSA) is 88.4 Å². The molecule has 1 N–H and O–H groups in total. The molecule has 0 aromatic carbocycles. The molecule has 9 heteroatoms. The summed E-state index contributed by atoms with van der Waals surface area (Å²) in [5.41, 5.74) is -0.392. The molecule has 9 nitrogen and oxygen atoms in total. The summed E-state index contributed by atoms with van der Waals surface area (Å²) >= 11 is 0. The Kier molecular flexibility index (Phi) is 7.36. The molecule has 2 saturated heterocycles. The van der Waals surface area contributed by atoms with E-state index in [-0.39, 0.29) is 5.91 Å². The number of aryl methyl sites for hydroxylation is 1. The van der Waals surface area contributed by atoms with E-state index in [4.69, 9.17) is 4.74 Å². The number of rotatable bonds is 8. The van der Waals surface area contributed by atoms with E-state index in [0.717, 1.165) is 77.6 Å². The third-order valence-electron chi connectivity index (χ3n) is 5.81. The third kappa shape index (κ3) is 5.27. The third-order valence-corrected chi connectivity index (χ3v) is 5.81. The molecule has 3 rings (SSSR count). The molecule has 0 spiro atoms. The molecule has 2 aliphatic heterocycles. The molecule has 158 valence electrons. The van der Waals surface area contributed by atoms with Gasteiger partial charge in [0.2, 0.25) is 5.91 Å². The Morgan fingerprint density at radius 3 is 2.75 bits per heavy atom. The van der Waals surface area contributed by atoms with Crippen molar-refractivity contribution in [2.45, 2.75) is 52.1 Å². The largest absolute Gasteiger partial charge is 0.379 e. The number of nitrogens with zero attached hydrogens (tertiary/aromatic N) is 6. The van der Waals surface area contributed by atoms with E-state index in [1.54, 1.807) is 6.92 Å².